The van der Waals surface area contributed by atoms with E-state index < -0.39 is 0 Å². The molecule has 2 heteroatoms. The van der Waals surface area contributed by atoms with Crippen molar-refractivity contribution in [2.24, 2.45) is 0 Å². The lowest BCUT2D eigenvalue weighted by Gasteiger charge is -2.04. The Hall–Kier alpha value is -0.500. The van der Waals surface area contributed by atoms with Gasteiger partial charge in [0.25, 0.3) is 0 Å². The molecule has 1 rings (SSSR count). The van der Waals surface area contributed by atoms with Gasteiger partial charge in [0.15, 0.2) is 0 Å². The number of pyridine rings is 1. The molecule has 1 heterocycles. The molecule has 0 radical (unpaired) electrons. The predicted molar refractivity (Wildman–Crippen MR) is 55.5 cm³/mol. The van der Waals surface area contributed by atoms with Crippen LogP contribution in [0, 0.1) is 0 Å². The SMILES string of the molecule is CCSCc1cnccc1CC. The molecule has 0 saturated heterocycles. The number of rotatable bonds is 4. The Bertz CT molecular complexity index is 235. The van der Waals surface area contributed by atoms with Crippen LogP contribution in [0.25, 0.3) is 0 Å². The first kappa shape index (κ1) is 9.59. The zero-order chi connectivity index (χ0) is 8.81. The summed E-state index contributed by atoms with van der Waals surface area (Å²) in [7, 11) is 0. The minimum absolute atomic E-state index is 1.10. The van der Waals surface area contributed by atoms with Gasteiger partial charge in [0.1, 0.15) is 0 Å². The molecule has 0 N–H and O–H groups in total. The minimum atomic E-state index is 1.10. The third kappa shape index (κ3) is 2.52. The van der Waals surface area contributed by atoms with E-state index in [2.05, 4.69) is 24.9 Å². The predicted octanol–water partition coefficient (Wildman–Crippen LogP) is 2.90. The Morgan fingerprint density at radius 1 is 1.33 bits per heavy atom. The Morgan fingerprint density at radius 3 is 2.83 bits per heavy atom. The normalized spacial score (nSPS) is 10.2. The van der Waals surface area contributed by atoms with Crippen molar-refractivity contribution in [3.63, 3.8) is 0 Å². The highest BCUT2D eigenvalue weighted by atomic mass is 32.2. The summed E-state index contributed by atoms with van der Waals surface area (Å²) in [4.78, 5) is 4.13. The van der Waals surface area contributed by atoms with Gasteiger partial charge < -0.3 is 0 Å². The number of thioether (sulfide) groups is 1. The molecule has 66 valence electrons. The summed E-state index contributed by atoms with van der Waals surface area (Å²) >= 11 is 1.95. The first-order valence-corrected chi connectivity index (χ1v) is 5.53. The number of hydrogen-bond acceptors (Lipinski definition) is 2. The lowest BCUT2D eigenvalue weighted by atomic mass is 10.1. The number of aryl methyl sites for hydroxylation is 1. The van der Waals surface area contributed by atoms with Gasteiger partial charge in [0.05, 0.1) is 0 Å². The van der Waals surface area contributed by atoms with Crippen molar-refractivity contribution in [3.8, 4) is 0 Å². The standard InChI is InChI=1S/C10H15NS/c1-3-9-5-6-11-7-10(9)8-12-4-2/h5-7H,3-4,8H2,1-2H3. The molecule has 0 amide bonds. The van der Waals surface area contributed by atoms with Gasteiger partial charge in [-0.05, 0) is 29.4 Å². The van der Waals surface area contributed by atoms with Crippen molar-refractivity contribution in [1.82, 2.24) is 4.98 Å². The molecule has 0 aliphatic carbocycles. The van der Waals surface area contributed by atoms with Crippen molar-refractivity contribution < 1.29 is 0 Å². The fourth-order valence-corrected chi connectivity index (χ4v) is 1.83. The fourth-order valence-electron chi connectivity index (χ4n) is 1.14. The van der Waals surface area contributed by atoms with E-state index in [4.69, 9.17) is 0 Å². The third-order valence-electron chi connectivity index (χ3n) is 1.85. The van der Waals surface area contributed by atoms with Gasteiger partial charge in [-0.1, -0.05) is 13.8 Å². The van der Waals surface area contributed by atoms with Crippen LogP contribution in [0.2, 0.25) is 0 Å². The third-order valence-corrected chi connectivity index (χ3v) is 2.77. The lowest BCUT2D eigenvalue weighted by Crippen LogP contribution is -1.91. The van der Waals surface area contributed by atoms with Crippen molar-refractivity contribution in [3.05, 3.63) is 29.6 Å². The molecule has 1 aromatic rings. The van der Waals surface area contributed by atoms with Gasteiger partial charge in [-0.2, -0.15) is 11.8 Å². The Balaban J connectivity index is 2.68. The molecule has 0 unspecified atom stereocenters. The van der Waals surface area contributed by atoms with Gasteiger partial charge in [-0.3, -0.25) is 4.98 Å². The molecule has 0 fully saturated rings. The van der Waals surface area contributed by atoms with Gasteiger partial charge >= 0.3 is 0 Å². The molecule has 0 aliphatic rings. The molecule has 1 aromatic heterocycles. The van der Waals surface area contributed by atoms with E-state index in [1.807, 2.05) is 24.2 Å². The lowest BCUT2D eigenvalue weighted by molar-refractivity contribution is 1.07. The molecule has 0 atom stereocenters. The van der Waals surface area contributed by atoms with Crippen LogP contribution < -0.4 is 0 Å². The minimum Gasteiger partial charge on any atom is -0.264 e. The van der Waals surface area contributed by atoms with Gasteiger partial charge in [-0.15, -0.1) is 0 Å². The average molecular weight is 181 g/mol. The molecule has 12 heavy (non-hydrogen) atoms. The smallest absolute Gasteiger partial charge is 0.0311 e. The highest BCUT2D eigenvalue weighted by molar-refractivity contribution is 7.98. The first-order chi connectivity index (χ1) is 5.88. The zero-order valence-corrected chi connectivity index (χ0v) is 8.53. The maximum absolute atomic E-state index is 4.13. The van der Waals surface area contributed by atoms with Gasteiger partial charge in [-0.25, -0.2) is 0 Å². The number of hydrogen-bond donors (Lipinski definition) is 0. The van der Waals surface area contributed by atoms with Crippen LogP contribution in [0.3, 0.4) is 0 Å². The quantitative estimate of drug-likeness (QED) is 0.708. The average Bonchev–Trinajstić information content (AvgIpc) is 2.15. The van der Waals surface area contributed by atoms with Crippen LogP contribution >= 0.6 is 11.8 Å². The highest BCUT2D eigenvalue weighted by Gasteiger charge is 1.98. The summed E-state index contributed by atoms with van der Waals surface area (Å²) in [6.07, 6.45) is 4.97. The fraction of sp³-hybridized carbons (Fsp3) is 0.500. The molecule has 0 saturated carbocycles. The molecular weight excluding hydrogens is 166 g/mol. The van der Waals surface area contributed by atoms with Crippen molar-refractivity contribution in [1.29, 1.82) is 0 Å². The number of aromatic nitrogens is 1. The van der Waals surface area contributed by atoms with Crippen molar-refractivity contribution in [2.45, 2.75) is 26.0 Å². The molecule has 0 aromatic carbocycles. The monoisotopic (exact) mass is 181 g/mol. The van der Waals surface area contributed by atoms with E-state index in [0.29, 0.717) is 0 Å². The Morgan fingerprint density at radius 2 is 2.17 bits per heavy atom. The van der Waals surface area contributed by atoms with Gasteiger partial charge in [0, 0.05) is 18.1 Å². The van der Waals surface area contributed by atoms with Crippen LogP contribution in [-0.2, 0) is 12.2 Å². The summed E-state index contributed by atoms with van der Waals surface area (Å²) in [5.41, 5.74) is 2.83. The van der Waals surface area contributed by atoms with Crippen LogP contribution in [0.15, 0.2) is 18.5 Å². The van der Waals surface area contributed by atoms with Crippen molar-refractivity contribution in [2.75, 3.05) is 5.75 Å². The number of nitrogens with zero attached hydrogens (tertiary/aromatic N) is 1. The first-order valence-electron chi connectivity index (χ1n) is 4.38. The summed E-state index contributed by atoms with van der Waals surface area (Å²) in [5, 5.41) is 0. The molecule has 0 bridgehead atoms. The maximum atomic E-state index is 4.13. The summed E-state index contributed by atoms with van der Waals surface area (Å²) in [6.45, 7) is 4.38. The van der Waals surface area contributed by atoms with Gasteiger partial charge in [0.2, 0.25) is 0 Å². The molecular formula is C10H15NS. The summed E-state index contributed by atoms with van der Waals surface area (Å²) in [5.74, 6) is 2.28. The molecule has 0 aliphatic heterocycles. The van der Waals surface area contributed by atoms with E-state index in [0.717, 1.165) is 12.2 Å². The second kappa shape index (κ2) is 5.20. The van der Waals surface area contributed by atoms with E-state index in [1.54, 1.807) is 0 Å². The van der Waals surface area contributed by atoms with Crippen LogP contribution in [0.4, 0.5) is 0 Å². The van der Waals surface area contributed by atoms with E-state index in [9.17, 15) is 0 Å². The summed E-state index contributed by atoms with van der Waals surface area (Å²) in [6, 6.07) is 2.12. The molecule has 0 spiro atoms. The maximum Gasteiger partial charge on any atom is 0.0311 e. The van der Waals surface area contributed by atoms with Crippen LogP contribution in [0.1, 0.15) is 25.0 Å². The largest absolute Gasteiger partial charge is 0.264 e. The summed E-state index contributed by atoms with van der Waals surface area (Å²) < 4.78 is 0. The van der Waals surface area contributed by atoms with Crippen LogP contribution in [-0.4, -0.2) is 10.7 Å². The van der Waals surface area contributed by atoms with Crippen LogP contribution in [0.5, 0.6) is 0 Å². The van der Waals surface area contributed by atoms with E-state index >= 15 is 0 Å². The molecule has 1 nitrogen and oxygen atoms in total. The Labute approximate surface area is 78.6 Å². The highest BCUT2D eigenvalue weighted by Crippen LogP contribution is 2.15. The zero-order valence-electron chi connectivity index (χ0n) is 7.71. The second-order valence-electron chi connectivity index (χ2n) is 2.64. The Kier molecular flexibility index (Phi) is 4.15. The van der Waals surface area contributed by atoms with E-state index in [-0.39, 0.29) is 0 Å². The van der Waals surface area contributed by atoms with Crippen molar-refractivity contribution >= 4 is 11.8 Å². The second-order valence-corrected chi connectivity index (χ2v) is 3.91. The van der Waals surface area contributed by atoms with E-state index in [1.165, 1.54) is 16.9 Å². The topological polar surface area (TPSA) is 12.9 Å².